The van der Waals surface area contributed by atoms with E-state index >= 15 is 0 Å². The summed E-state index contributed by atoms with van der Waals surface area (Å²) in [4.78, 5) is 13.2. The molecule has 68 valence electrons. The van der Waals surface area contributed by atoms with Crippen LogP contribution < -0.4 is 5.73 Å². The average molecular weight is 184 g/mol. The lowest BCUT2D eigenvalue weighted by Crippen LogP contribution is -2.05. The Bertz CT molecular complexity index is 363. The molecule has 3 nitrogen and oxygen atoms in total. The molecule has 1 rings (SSSR count). The first-order chi connectivity index (χ1) is 6.09. The summed E-state index contributed by atoms with van der Waals surface area (Å²) in [5.74, 6) is -2.59. The van der Waals surface area contributed by atoms with Crippen molar-refractivity contribution >= 4 is 12.0 Å². The summed E-state index contributed by atoms with van der Waals surface area (Å²) < 4.78 is 25.0. The smallest absolute Gasteiger partial charge is 0.241 e. The number of rotatable bonds is 2. The van der Waals surface area contributed by atoms with Crippen molar-refractivity contribution in [2.24, 2.45) is 5.73 Å². The Morgan fingerprint density at radius 2 is 2.15 bits per heavy atom. The first-order valence-corrected chi connectivity index (χ1v) is 3.39. The standard InChI is InChI=1S/C8H6F2N2O/c9-6-3-1-5(8(10)12-6)2-4-7(11)13/h1-4H,(H2,11,13). The second kappa shape index (κ2) is 3.75. The summed E-state index contributed by atoms with van der Waals surface area (Å²) in [5, 5.41) is 0. The molecule has 0 aliphatic heterocycles. The van der Waals surface area contributed by atoms with Crippen molar-refractivity contribution in [1.29, 1.82) is 0 Å². The van der Waals surface area contributed by atoms with E-state index in [1.54, 1.807) is 0 Å². The van der Waals surface area contributed by atoms with Crippen molar-refractivity contribution < 1.29 is 13.6 Å². The number of nitrogens with zero attached hydrogens (tertiary/aromatic N) is 1. The van der Waals surface area contributed by atoms with Gasteiger partial charge < -0.3 is 5.73 Å². The number of hydrogen-bond donors (Lipinski definition) is 1. The molecule has 0 spiro atoms. The van der Waals surface area contributed by atoms with Gasteiger partial charge in [0.15, 0.2) is 0 Å². The fourth-order valence-electron chi connectivity index (χ4n) is 0.719. The number of amides is 1. The Kier molecular flexibility index (Phi) is 2.69. The molecule has 2 N–H and O–H groups in total. The van der Waals surface area contributed by atoms with E-state index in [0.29, 0.717) is 0 Å². The Morgan fingerprint density at radius 1 is 1.46 bits per heavy atom. The second-order valence-corrected chi connectivity index (χ2v) is 2.25. The summed E-state index contributed by atoms with van der Waals surface area (Å²) >= 11 is 0. The number of hydrogen-bond acceptors (Lipinski definition) is 2. The summed E-state index contributed by atoms with van der Waals surface area (Å²) in [6.45, 7) is 0. The Hall–Kier alpha value is -1.78. The second-order valence-electron chi connectivity index (χ2n) is 2.25. The average Bonchev–Trinajstić information content (AvgIpc) is 2.02. The van der Waals surface area contributed by atoms with E-state index in [1.807, 2.05) is 0 Å². The molecule has 1 amide bonds. The molecular formula is C8H6F2N2O. The molecule has 0 bridgehead atoms. The predicted molar refractivity (Wildman–Crippen MR) is 42.4 cm³/mol. The summed E-state index contributed by atoms with van der Waals surface area (Å²) in [5.41, 5.74) is 4.79. The third kappa shape index (κ3) is 2.62. The lowest BCUT2D eigenvalue weighted by atomic mass is 10.2. The van der Waals surface area contributed by atoms with Crippen LogP contribution in [0.2, 0.25) is 0 Å². The molecule has 13 heavy (non-hydrogen) atoms. The minimum Gasteiger partial charge on any atom is -0.366 e. The third-order valence-corrected chi connectivity index (χ3v) is 1.27. The van der Waals surface area contributed by atoms with Gasteiger partial charge in [0.05, 0.1) is 0 Å². The number of carbonyl (C=O) groups excluding carboxylic acids is 1. The van der Waals surface area contributed by atoms with Crippen molar-refractivity contribution in [3.63, 3.8) is 0 Å². The van der Waals surface area contributed by atoms with Gasteiger partial charge in [-0.2, -0.15) is 13.8 Å². The van der Waals surface area contributed by atoms with E-state index in [0.717, 1.165) is 24.3 Å². The normalized spacial score (nSPS) is 10.6. The van der Waals surface area contributed by atoms with Crippen LogP contribution in [0.4, 0.5) is 8.78 Å². The van der Waals surface area contributed by atoms with Crippen LogP contribution in [0.5, 0.6) is 0 Å². The van der Waals surface area contributed by atoms with Crippen LogP contribution >= 0.6 is 0 Å². The van der Waals surface area contributed by atoms with Gasteiger partial charge in [0, 0.05) is 11.6 Å². The Morgan fingerprint density at radius 3 is 2.69 bits per heavy atom. The summed E-state index contributed by atoms with van der Waals surface area (Å²) in [6, 6.07) is 2.15. The molecule has 0 radical (unpaired) electrons. The first-order valence-electron chi connectivity index (χ1n) is 3.39. The zero-order valence-corrected chi connectivity index (χ0v) is 6.50. The fourth-order valence-corrected chi connectivity index (χ4v) is 0.719. The number of pyridine rings is 1. The molecule has 0 unspecified atom stereocenters. The molecule has 0 saturated heterocycles. The van der Waals surface area contributed by atoms with Crippen LogP contribution in [0.25, 0.3) is 6.08 Å². The van der Waals surface area contributed by atoms with Gasteiger partial charge in [0.25, 0.3) is 0 Å². The van der Waals surface area contributed by atoms with E-state index in [4.69, 9.17) is 5.73 Å². The molecule has 1 aromatic rings. The minimum absolute atomic E-state index is 0.0141. The minimum atomic E-state index is -0.975. The highest BCUT2D eigenvalue weighted by molar-refractivity contribution is 5.90. The Labute approximate surface area is 72.9 Å². The maximum absolute atomic E-state index is 12.7. The number of halogens is 2. The molecule has 5 heteroatoms. The predicted octanol–water partition coefficient (Wildman–Crippen LogP) is 0.858. The van der Waals surface area contributed by atoms with Gasteiger partial charge in [0.1, 0.15) is 0 Å². The Balaban J connectivity index is 2.96. The van der Waals surface area contributed by atoms with Crippen LogP contribution in [0, 0.1) is 11.9 Å². The first kappa shape index (κ1) is 9.31. The lowest BCUT2D eigenvalue weighted by Gasteiger charge is -1.94. The molecule has 0 aliphatic carbocycles. The van der Waals surface area contributed by atoms with Gasteiger partial charge in [-0.1, -0.05) is 0 Å². The zero-order chi connectivity index (χ0) is 9.84. The van der Waals surface area contributed by atoms with Crippen LogP contribution in [-0.4, -0.2) is 10.9 Å². The molecule has 0 fully saturated rings. The molecule has 0 aliphatic rings. The number of carbonyl (C=O) groups is 1. The van der Waals surface area contributed by atoms with Gasteiger partial charge in [0.2, 0.25) is 17.8 Å². The van der Waals surface area contributed by atoms with Crippen LogP contribution in [0.1, 0.15) is 5.56 Å². The van der Waals surface area contributed by atoms with Crippen molar-refractivity contribution in [1.82, 2.24) is 4.98 Å². The van der Waals surface area contributed by atoms with Crippen LogP contribution in [0.3, 0.4) is 0 Å². The summed E-state index contributed by atoms with van der Waals surface area (Å²) in [7, 11) is 0. The van der Waals surface area contributed by atoms with Crippen LogP contribution in [-0.2, 0) is 4.79 Å². The SMILES string of the molecule is NC(=O)C=Cc1ccc(F)nc1F. The van der Waals surface area contributed by atoms with Crippen molar-refractivity contribution in [3.8, 4) is 0 Å². The molecular weight excluding hydrogens is 178 g/mol. The zero-order valence-electron chi connectivity index (χ0n) is 6.50. The van der Waals surface area contributed by atoms with E-state index in [2.05, 4.69) is 4.98 Å². The largest absolute Gasteiger partial charge is 0.366 e. The lowest BCUT2D eigenvalue weighted by molar-refractivity contribution is -0.113. The van der Waals surface area contributed by atoms with Crippen LogP contribution in [0.15, 0.2) is 18.2 Å². The molecule has 0 aromatic carbocycles. The molecule has 1 heterocycles. The summed E-state index contributed by atoms with van der Waals surface area (Å²) in [6.07, 6.45) is 2.10. The van der Waals surface area contributed by atoms with Gasteiger partial charge >= 0.3 is 0 Å². The number of nitrogens with two attached hydrogens (primary N) is 1. The number of primary amides is 1. The molecule has 0 atom stereocenters. The van der Waals surface area contributed by atoms with Crippen molar-refractivity contribution in [2.45, 2.75) is 0 Å². The monoisotopic (exact) mass is 184 g/mol. The third-order valence-electron chi connectivity index (χ3n) is 1.27. The van der Waals surface area contributed by atoms with Gasteiger partial charge in [-0.15, -0.1) is 0 Å². The quantitative estimate of drug-likeness (QED) is 0.547. The van der Waals surface area contributed by atoms with E-state index in [-0.39, 0.29) is 5.56 Å². The fraction of sp³-hybridized carbons (Fsp3) is 0. The van der Waals surface area contributed by atoms with E-state index < -0.39 is 17.8 Å². The highest BCUT2D eigenvalue weighted by atomic mass is 19.1. The molecule has 1 aromatic heterocycles. The van der Waals surface area contributed by atoms with Crippen molar-refractivity contribution in [3.05, 3.63) is 35.7 Å². The van der Waals surface area contributed by atoms with Gasteiger partial charge in [-0.25, -0.2) is 0 Å². The highest BCUT2D eigenvalue weighted by Gasteiger charge is 2.01. The number of aromatic nitrogens is 1. The molecule has 0 saturated carbocycles. The highest BCUT2D eigenvalue weighted by Crippen LogP contribution is 2.06. The van der Waals surface area contributed by atoms with E-state index in [9.17, 15) is 13.6 Å². The maximum atomic E-state index is 12.7. The van der Waals surface area contributed by atoms with Crippen molar-refractivity contribution in [2.75, 3.05) is 0 Å². The topological polar surface area (TPSA) is 56.0 Å². The van der Waals surface area contributed by atoms with Gasteiger partial charge in [-0.3, -0.25) is 4.79 Å². The van der Waals surface area contributed by atoms with E-state index in [1.165, 1.54) is 0 Å². The van der Waals surface area contributed by atoms with Gasteiger partial charge in [-0.05, 0) is 18.2 Å². The maximum Gasteiger partial charge on any atom is 0.241 e.